The van der Waals surface area contributed by atoms with E-state index in [1.54, 1.807) is 6.20 Å². The first-order valence-corrected chi connectivity index (χ1v) is 4.93. The standard InChI is InChI=1S/C10H16N2O/c1-8-2-3-9(4-8)12-7-11-5-10(12)6-13/h5,7-9,13H,2-4,6H2,1H3. The molecule has 3 nitrogen and oxygen atoms in total. The van der Waals surface area contributed by atoms with Gasteiger partial charge >= 0.3 is 0 Å². The van der Waals surface area contributed by atoms with E-state index < -0.39 is 0 Å². The number of aliphatic hydroxyl groups excluding tert-OH is 1. The molecule has 2 unspecified atom stereocenters. The summed E-state index contributed by atoms with van der Waals surface area (Å²) in [6, 6.07) is 0.569. The van der Waals surface area contributed by atoms with E-state index in [0.717, 1.165) is 11.6 Å². The zero-order valence-corrected chi connectivity index (χ0v) is 7.98. The van der Waals surface area contributed by atoms with Gasteiger partial charge in [-0.1, -0.05) is 6.92 Å². The fourth-order valence-corrected chi connectivity index (χ4v) is 2.21. The van der Waals surface area contributed by atoms with Gasteiger partial charge in [0.25, 0.3) is 0 Å². The minimum absolute atomic E-state index is 0.102. The lowest BCUT2D eigenvalue weighted by molar-refractivity contribution is 0.265. The molecule has 1 aliphatic rings. The van der Waals surface area contributed by atoms with Crippen molar-refractivity contribution >= 4 is 0 Å². The molecule has 1 saturated carbocycles. The largest absolute Gasteiger partial charge is 0.390 e. The molecule has 1 aromatic rings. The zero-order valence-electron chi connectivity index (χ0n) is 7.98. The number of aromatic nitrogens is 2. The van der Waals surface area contributed by atoms with Crippen molar-refractivity contribution in [2.75, 3.05) is 0 Å². The lowest BCUT2D eigenvalue weighted by Crippen LogP contribution is -2.07. The third-order valence-electron chi connectivity index (χ3n) is 2.97. The lowest BCUT2D eigenvalue weighted by atomic mass is 10.1. The molecule has 1 N–H and O–H groups in total. The van der Waals surface area contributed by atoms with Crippen molar-refractivity contribution in [1.29, 1.82) is 0 Å². The van der Waals surface area contributed by atoms with Crippen LogP contribution in [0.5, 0.6) is 0 Å². The number of imidazole rings is 1. The maximum absolute atomic E-state index is 9.07. The van der Waals surface area contributed by atoms with Crippen LogP contribution in [0, 0.1) is 5.92 Å². The number of aliphatic hydroxyl groups is 1. The first-order valence-electron chi connectivity index (χ1n) is 4.93. The molecule has 0 saturated heterocycles. The van der Waals surface area contributed by atoms with Crippen molar-refractivity contribution < 1.29 is 5.11 Å². The average molecular weight is 180 g/mol. The fourth-order valence-electron chi connectivity index (χ4n) is 2.21. The molecule has 1 aliphatic carbocycles. The fraction of sp³-hybridized carbons (Fsp3) is 0.700. The van der Waals surface area contributed by atoms with E-state index in [4.69, 9.17) is 5.11 Å². The minimum atomic E-state index is 0.102. The number of rotatable bonds is 2. The molecule has 0 radical (unpaired) electrons. The van der Waals surface area contributed by atoms with Gasteiger partial charge in [0, 0.05) is 6.04 Å². The minimum Gasteiger partial charge on any atom is -0.390 e. The van der Waals surface area contributed by atoms with Crippen LogP contribution in [0.4, 0.5) is 0 Å². The quantitative estimate of drug-likeness (QED) is 0.752. The van der Waals surface area contributed by atoms with Crippen LogP contribution in [-0.4, -0.2) is 14.7 Å². The molecule has 0 bridgehead atoms. The van der Waals surface area contributed by atoms with Gasteiger partial charge in [0.15, 0.2) is 0 Å². The Labute approximate surface area is 78.4 Å². The predicted molar refractivity (Wildman–Crippen MR) is 50.2 cm³/mol. The highest BCUT2D eigenvalue weighted by molar-refractivity contribution is 4.99. The van der Waals surface area contributed by atoms with E-state index in [0.29, 0.717) is 6.04 Å². The smallest absolute Gasteiger partial charge is 0.0951 e. The summed E-state index contributed by atoms with van der Waals surface area (Å²) < 4.78 is 2.13. The van der Waals surface area contributed by atoms with Gasteiger partial charge in [-0.05, 0) is 25.2 Å². The van der Waals surface area contributed by atoms with Gasteiger partial charge in [-0.25, -0.2) is 4.98 Å². The molecule has 2 rings (SSSR count). The van der Waals surface area contributed by atoms with E-state index >= 15 is 0 Å². The van der Waals surface area contributed by atoms with Crippen LogP contribution in [0.3, 0.4) is 0 Å². The van der Waals surface area contributed by atoms with E-state index in [1.807, 2.05) is 6.33 Å². The van der Waals surface area contributed by atoms with Crippen LogP contribution in [0.15, 0.2) is 12.5 Å². The molecule has 2 atom stereocenters. The first kappa shape index (κ1) is 8.75. The summed E-state index contributed by atoms with van der Waals surface area (Å²) in [5.41, 5.74) is 0.944. The molecule has 0 spiro atoms. The van der Waals surface area contributed by atoms with Gasteiger partial charge in [-0.3, -0.25) is 0 Å². The second-order valence-electron chi connectivity index (χ2n) is 4.02. The van der Waals surface area contributed by atoms with Crippen molar-refractivity contribution in [3.8, 4) is 0 Å². The molecule has 3 heteroatoms. The van der Waals surface area contributed by atoms with Gasteiger partial charge < -0.3 is 9.67 Å². The summed E-state index contributed by atoms with van der Waals surface area (Å²) in [4.78, 5) is 4.07. The molecule has 0 aromatic carbocycles. The van der Waals surface area contributed by atoms with Crippen molar-refractivity contribution in [3.63, 3.8) is 0 Å². The number of hydrogen-bond acceptors (Lipinski definition) is 2. The van der Waals surface area contributed by atoms with Gasteiger partial charge in [-0.15, -0.1) is 0 Å². The monoisotopic (exact) mass is 180 g/mol. The van der Waals surface area contributed by atoms with Gasteiger partial charge in [0.05, 0.1) is 24.8 Å². The summed E-state index contributed by atoms with van der Waals surface area (Å²) in [5, 5.41) is 9.07. The Balaban J connectivity index is 2.16. The molecule has 1 aromatic heterocycles. The Morgan fingerprint density at radius 3 is 3.08 bits per heavy atom. The number of nitrogens with zero attached hydrogens (tertiary/aromatic N) is 2. The average Bonchev–Trinajstić information content (AvgIpc) is 2.71. The Bertz CT molecular complexity index is 282. The first-order chi connectivity index (χ1) is 6.31. The second kappa shape index (κ2) is 3.50. The summed E-state index contributed by atoms with van der Waals surface area (Å²) in [7, 11) is 0. The van der Waals surface area contributed by atoms with Gasteiger partial charge in [0.1, 0.15) is 0 Å². The molecule has 0 amide bonds. The molecule has 13 heavy (non-hydrogen) atoms. The molecule has 1 fully saturated rings. The summed E-state index contributed by atoms with van der Waals surface area (Å²) in [5.74, 6) is 0.818. The highest BCUT2D eigenvalue weighted by atomic mass is 16.3. The van der Waals surface area contributed by atoms with E-state index in [1.165, 1.54) is 19.3 Å². The third kappa shape index (κ3) is 1.61. The Morgan fingerprint density at radius 2 is 2.46 bits per heavy atom. The zero-order chi connectivity index (χ0) is 9.26. The highest BCUT2D eigenvalue weighted by Crippen LogP contribution is 2.34. The Kier molecular flexibility index (Phi) is 2.36. The Morgan fingerprint density at radius 1 is 1.62 bits per heavy atom. The molecule has 72 valence electrons. The van der Waals surface area contributed by atoms with Crippen molar-refractivity contribution in [2.45, 2.75) is 38.8 Å². The van der Waals surface area contributed by atoms with Crippen LogP contribution in [0.25, 0.3) is 0 Å². The molecular weight excluding hydrogens is 164 g/mol. The maximum Gasteiger partial charge on any atom is 0.0951 e. The van der Waals surface area contributed by atoms with E-state index in [9.17, 15) is 0 Å². The van der Waals surface area contributed by atoms with Gasteiger partial charge in [0.2, 0.25) is 0 Å². The van der Waals surface area contributed by atoms with Gasteiger partial charge in [-0.2, -0.15) is 0 Å². The van der Waals surface area contributed by atoms with Crippen LogP contribution in [0.1, 0.15) is 37.9 Å². The van der Waals surface area contributed by atoms with Crippen molar-refractivity contribution in [2.24, 2.45) is 5.92 Å². The molecule has 1 heterocycles. The summed E-state index contributed by atoms with van der Waals surface area (Å²) in [6.07, 6.45) is 7.35. The highest BCUT2D eigenvalue weighted by Gasteiger charge is 2.23. The summed E-state index contributed by atoms with van der Waals surface area (Å²) >= 11 is 0. The van der Waals surface area contributed by atoms with Crippen LogP contribution >= 0.6 is 0 Å². The summed E-state index contributed by atoms with van der Waals surface area (Å²) in [6.45, 7) is 2.39. The topological polar surface area (TPSA) is 38.0 Å². The van der Waals surface area contributed by atoms with Crippen molar-refractivity contribution in [1.82, 2.24) is 9.55 Å². The third-order valence-corrected chi connectivity index (χ3v) is 2.97. The van der Waals surface area contributed by atoms with E-state index in [2.05, 4.69) is 16.5 Å². The van der Waals surface area contributed by atoms with Crippen LogP contribution in [-0.2, 0) is 6.61 Å². The second-order valence-corrected chi connectivity index (χ2v) is 4.02. The Hall–Kier alpha value is -0.830. The predicted octanol–water partition coefficient (Wildman–Crippen LogP) is 1.74. The SMILES string of the molecule is CC1CCC(n2cncc2CO)C1. The van der Waals surface area contributed by atoms with Crippen molar-refractivity contribution in [3.05, 3.63) is 18.2 Å². The maximum atomic E-state index is 9.07. The van der Waals surface area contributed by atoms with Crippen LogP contribution in [0.2, 0.25) is 0 Å². The lowest BCUT2D eigenvalue weighted by Gasteiger charge is -2.14. The number of hydrogen-bond donors (Lipinski definition) is 1. The van der Waals surface area contributed by atoms with E-state index in [-0.39, 0.29) is 6.61 Å². The normalized spacial score (nSPS) is 28.2. The molecular formula is C10H16N2O. The van der Waals surface area contributed by atoms with Crippen LogP contribution < -0.4 is 0 Å². The molecule has 0 aliphatic heterocycles.